The van der Waals surface area contributed by atoms with E-state index in [2.05, 4.69) is 64.8 Å². The van der Waals surface area contributed by atoms with Gasteiger partial charge in [0.15, 0.2) is 0 Å². The molecule has 282 valence electrons. The monoisotopic (exact) mass is 700 g/mol. The third-order valence-electron chi connectivity index (χ3n) is 15.6. The van der Waals surface area contributed by atoms with Gasteiger partial charge in [0.1, 0.15) is 12.2 Å². The molecule has 6 aliphatic rings. The van der Waals surface area contributed by atoms with Crippen LogP contribution >= 0.6 is 0 Å². The summed E-state index contributed by atoms with van der Waals surface area (Å²) in [5.74, 6) is -0.791. The van der Waals surface area contributed by atoms with Crippen molar-refractivity contribution < 1.29 is 38.4 Å². The van der Waals surface area contributed by atoms with Crippen LogP contribution in [-0.2, 0) is 33.3 Å². The number of allylic oxidation sites excluding steroid dienone is 1. The number of aliphatic carboxylic acids is 1. The Balaban J connectivity index is 1.28. The Bertz CT molecular complexity index is 1350. The Morgan fingerprint density at radius 3 is 2.38 bits per heavy atom. The SMILES string of the molecule is CC(=O)O[C@@H]1C[C@@]23COC[C@](C)([C@@H]2CC[C@H]2C3=CC[C@@]3(C)[C@H](C(=O)O)[C@@](C)([C@H](C)C(C)C)CC[C@]23C)[C@H]1OC(=O)CNCCN1CCOCC1. The first-order chi connectivity index (χ1) is 23.5. The first kappa shape index (κ1) is 37.7. The number of carbonyl (C=O) groups is 3. The lowest BCUT2D eigenvalue weighted by Gasteiger charge is -2.71. The lowest BCUT2D eigenvalue weighted by Crippen LogP contribution is -2.70. The van der Waals surface area contributed by atoms with Crippen LogP contribution in [0.1, 0.15) is 93.9 Å². The molecule has 4 aliphatic carbocycles. The molecule has 6 rings (SSSR count). The fourth-order valence-electron chi connectivity index (χ4n) is 12.5. The van der Waals surface area contributed by atoms with E-state index in [0.29, 0.717) is 38.5 Å². The predicted octanol–water partition coefficient (Wildman–Crippen LogP) is 5.34. The van der Waals surface area contributed by atoms with Gasteiger partial charge in [-0.1, -0.05) is 60.1 Å². The van der Waals surface area contributed by atoms with Crippen LogP contribution in [0, 0.1) is 56.7 Å². The zero-order valence-corrected chi connectivity index (χ0v) is 32.0. The minimum atomic E-state index is -0.668. The van der Waals surface area contributed by atoms with E-state index in [0.717, 1.165) is 58.5 Å². The summed E-state index contributed by atoms with van der Waals surface area (Å²) in [6.07, 6.45) is 6.18. The Morgan fingerprint density at radius 1 is 1.00 bits per heavy atom. The molecule has 0 amide bonds. The zero-order chi connectivity index (χ0) is 36.3. The molecule has 11 atom stereocenters. The minimum Gasteiger partial charge on any atom is -0.481 e. The Hall–Kier alpha value is -2.01. The lowest BCUT2D eigenvalue weighted by molar-refractivity contribution is -0.262. The molecule has 5 fully saturated rings. The summed E-state index contributed by atoms with van der Waals surface area (Å²) < 4.78 is 24.4. The lowest BCUT2D eigenvalue weighted by atomic mass is 9.34. The standard InChI is InChI=1S/C40H64N2O8/c1-25(2)26(3)36(5)13-14-38(7)28-9-10-31-37(6)23-48-24-40(31,29(28)11-12-39(38,8)33(36)35(45)46)21-30(49-27(4)43)34(37)50-32(44)22-41-15-16-42-17-19-47-20-18-42/h11,25-26,28,30-31,33-34,41H,9-10,12-24H2,1-8H3,(H,45,46)/t26-,28+,30-,31+,33-,34+,36-,37-,38-,39+,40+/m1/s1. The van der Waals surface area contributed by atoms with E-state index in [-0.39, 0.29) is 52.5 Å². The molecular weight excluding hydrogens is 636 g/mol. The normalized spacial score (nSPS) is 43.5. The molecule has 10 nitrogen and oxygen atoms in total. The van der Waals surface area contributed by atoms with Crippen molar-refractivity contribution in [1.82, 2.24) is 10.2 Å². The van der Waals surface area contributed by atoms with Crippen molar-refractivity contribution in [1.29, 1.82) is 0 Å². The molecule has 50 heavy (non-hydrogen) atoms. The summed E-state index contributed by atoms with van der Waals surface area (Å²) in [6, 6.07) is 0. The van der Waals surface area contributed by atoms with Gasteiger partial charge >= 0.3 is 17.9 Å². The van der Waals surface area contributed by atoms with Crippen LogP contribution in [0.4, 0.5) is 0 Å². The predicted molar refractivity (Wildman–Crippen MR) is 189 cm³/mol. The maximum atomic E-state index is 13.4. The smallest absolute Gasteiger partial charge is 0.320 e. The molecule has 0 aromatic rings. The van der Waals surface area contributed by atoms with Gasteiger partial charge in [0.05, 0.1) is 38.9 Å². The third-order valence-corrected chi connectivity index (χ3v) is 15.6. The first-order valence-corrected chi connectivity index (χ1v) is 19.4. The number of hydrogen-bond donors (Lipinski definition) is 2. The number of ether oxygens (including phenoxy) is 4. The Morgan fingerprint density at radius 2 is 1.72 bits per heavy atom. The van der Waals surface area contributed by atoms with E-state index in [1.807, 2.05) is 0 Å². The number of rotatable bonds is 10. The van der Waals surface area contributed by atoms with Crippen molar-refractivity contribution in [3.05, 3.63) is 11.6 Å². The number of nitrogens with zero attached hydrogens (tertiary/aromatic N) is 1. The number of esters is 2. The number of morpholine rings is 1. The molecule has 0 aromatic carbocycles. The summed E-state index contributed by atoms with van der Waals surface area (Å²) in [4.78, 5) is 41.7. The van der Waals surface area contributed by atoms with Crippen LogP contribution in [-0.4, -0.2) is 99.3 Å². The van der Waals surface area contributed by atoms with E-state index in [1.165, 1.54) is 12.5 Å². The minimum absolute atomic E-state index is 0.0869. The molecule has 0 radical (unpaired) electrons. The van der Waals surface area contributed by atoms with Gasteiger partial charge in [-0.2, -0.15) is 0 Å². The van der Waals surface area contributed by atoms with Gasteiger partial charge in [-0.15, -0.1) is 0 Å². The number of carboxylic acid groups (broad SMARTS) is 1. The van der Waals surface area contributed by atoms with Gasteiger partial charge in [0.2, 0.25) is 0 Å². The van der Waals surface area contributed by atoms with Gasteiger partial charge in [-0.05, 0) is 78.4 Å². The van der Waals surface area contributed by atoms with Gasteiger partial charge in [0.25, 0.3) is 0 Å². The summed E-state index contributed by atoms with van der Waals surface area (Å²) in [6.45, 7) is 23.0. The average molecular weight is 701 g/mol. The zero-order valence-electron chi connectivity index (χ0n) is 32.0. The Kier molecular flexibility index (Phi) is 10.4. The van der Waals surface area contributed by atoms with E-state index >= 15 is 0 Å². The average Bonchev–Trinajstić information content (AvgIpc) is 3.05. The van der Waals surface area contributed by atoms with Crippen LogP contribution in [0.15, 0.2) is 11.6 Å². The van der Waals surface area contributed by atoms with E-state index in [4.69, 9.17) is 18.9 Å². The van der Waals surface area contributed by atoms with Crippen LogP contribution < -0.4 is 5.32 Å². The maximum Gasteiger partial charge on any atom is 0.320 e. The summed E-state index contributed by atoms with van der Waals surface area (Å²) >= 11 is 0. The highest BCUT2D eigenvalue weighted by Gasteiger charge is 2.72. The van der Waals surface area contributed by atoms with Crippen molar-refractivity contribution in [2.45, 2.75) is 106 Å². The fraction of sp³-hybridized carbons (Fsp3) is 0.875. The third kappa shape index (κ3) is 5.96. The molecule has 2 aliphatic heterocycles. The molecule has 3 saturated carbocycles. The number of carbonyl (C=O) groups excluding carboxylic acids is 2. The molecule has 2 saturated heterocycles. The number of fused-ring (bicyclic) bond motifs is 3. The van der Waals surface area contributed by atoms with Crippen molar-refractivity contribution in [3.8, 4) is 0 Å². The summed E-state index contributed by atoms with van der Waals surface area (Å²) in [5, 5.41) is 14.2. The highest BCUT2D eigenvalue weighted by Crippen LogP contribution is 2.75. The number of nitrogens with one attached hydrogen (secondary N) is 1. The quantitative estimate of drug-likeness (QED) is 0.175. The van der Waals surface area contributed by atoms with Gasteiger partial charge < -0.3 is 29.4 Å². The highest BCUT2D eigenvalue weighted by atomic mass is 16.6. The fourth-order valence-corrected chi connectivity index (χ4v) is 12.5. The molecule has 10 heteroatoms. The van der Waals surface area contributed by atoms with Crippen LogP contribution in [0.5, 0.6) is 0 Å². The molecule has 2 heterocycles. The molecule has 2 bridgehead atoms. The number of carboxylic acids is 1. The maximum absolute atomic E-state index is 13.4. The number of hydrogen-bond acceptors (Lipinski definition) is 9. The molecule has 0 aromatic heterocycles. The van der Waals surface area contributed by atoms with Crippen LogP contribution in [0.2, 0.25) is 0 Å². The van der Waals surface area contributed by atoms with Crippen LogP contribution in [0.3, 0.4) is 0 Å². The van der Waals surface area contributed by atoms with Gasteiger partial charge in [-0.3, -0.25) is 19.3 Å². The topological polar surface area (TPSA) is 124 Å². The second-order valence-electron chi connectivity index (χ2n) is 18.2. The molecule has 0 unspecified atom stereocenters. The summed E-state index contributed by atoms with van der Waals surface area (Å²) in [5.41, 5.74) is -0.476. The van der Waals surface area contributed by atoms with Crippen molar-refractivity contribution >= 4 is 17.9 Å². The molecule has 2 N–H and O–H groups in total. The van der Waals surface area contributed by atoms with Crippen molar-refractivity contribution in [3.63, 3.8) is 0 Å². The van der Waals surface area contributed by atoms with Crippen LogP contribution in [0.25, 0.3) is 0 Å². The van der Waals surface area contributed by atoms with E-state index in [9.17, 15) is 19.5 Å². The second kappa shape index (κ2) is 13.8. The van der Waals surface area contributed by atoms with Crippen molar-refractivity contribution in [2.75, 3.05) is 59.2 Å². The Labute approximate surface area is 299 Å². The van der Waals surface area contributed by atoms with E-state index < -0.39 is 34.9 Å². The highest BCUT2D eigenvalue weighted by molar-refractivity contribution is 5.73. The molecule has 0 spiro atoms. The van der Waals surface area contributed by atoms with Gasteiger partial charge in [0, 0.05) is 43.9 Å². The van der Waals surface area contributed by atoms with Gasteiger partial charge in [-0.25, -0.2) is 0 Å². The van der Waals surface area contributed by atoms with Crippen molar-refractivity contribution in [2.24, 2.45) is 56.7 Å². The second-order valence-corrected chi connectivity index (χ2v) is 18.2. The van der Waals surface area contributed by atoms with E-state index in [1.54, 1.807) is 0 Å². The largest absolute Gasteiger partial charge is 0.481 e. The molecular formula is C40H64N2O8. The first-order valence-electron chi connectivity index (χ1n) is 19.4. The summed E-state index contributed by atoms with van der Waals surface area (Å²) in [7, 11) is 0.